The molecule has 0 radical (unpaired) electrons. The van der Waals surface area contributed by atoms with Crippen molar-refractivity contribution >= 4 is 16.8 Å². The topological polar surface area (TPSA) is 45.3 Å². The number of aromatic nitrogens is 1. The van der Waals surface area contributed by atoms with E-state index in [0.717, 1.165) is 19.4 Å². The Bertz CT molecular complexity index is 881. The lowest BCUT2D eigenvalue weighted by Gasteiger charge is -2.47. The molecule has 0 saturated carbocycles. The lowest BCUT2D eigenvalue weighted by molar-refractivity contribution is -0.165. The van der Waals surface area contributed by atoms with Gasteiger partial charge in [0.1, 0.15) is 0 Å². The minimum Gasteiger partial charge on any atom is -0.360 e. The van der Waals surface area contributed by atoms with Gasteiger partial charge in [0.05, 0.1) is 12.6 Å². The second-order valence-corrected chi connectivity index (χ2v) is 7.37. The van der Waals surface area contributed by atoms with Crippen LogP contribution < -0.4 is 0 Å². The minimum absolute atomic E-state index is 0.142. The van der Waals surface area contributed by atoms with Gasteiger partial charge in [-0.25, -0.2) is 0 Å². The zero-order valence-corrected chi connectivity index (χ0v) is 14.1. The molecule has 0 aliphatic carbocycles. The summed E-state index contributed by atoms with van der Waals surface area (Å²) in [5.74, 6) is 0.346. The summed E-state index contributed by atoms with van der Waals surface area (Å²) in [6, 6.07) is 8.61. The maximum absolute atomic E-state index is 13.2. The fourth-order valence-corrected chi connectivity index (χ4v) is 4.97. The fourth-order valence-electron chi connectivity index (χ4n) is 4.97. The Morgan fingerprint density at radius 2 is 2.21 bits per heavy atom. The Balaban J connectivity index is 1.65. The number of nitrogens with one attached hydrogen (secondary N) is 1. The number of piperidine rings is 1. The van der Waals surface area contributed by atoms with Crippen LogP contribution in [-0.2, 0) is 16.0 Å². The molecule has 3 atom stereocenters. The Morgan fingerprint density at radius 1 is 1.38 bits per heavy atom. The average molecular weight is 322 g/mol. The molecule has 124 valence electrons. The van der Waals surface area contributed by atoms with Gasteiger partial charge in [-0.1, -0.05) is 24.3 Å². The number of benzene rings is 1. The number of ether oxygens (including phenoxy) is 1. The molecule has 3 aliphatic rings. The molecule has 2 aromatic rings. The highest BCUT2D eigenvalue weighted by Gasteiger charge is 2.57. The van der Waals surface area contributed by atoms with Crippen molar-refractivity contribution in [1.82, 2.24) is 9.88 Å². The molecule has 4 heterocycles. The van der Waals surface area contributed by atoms with E-state index in [2.05, 4.69) is 42.2 Å². The van der Waals surface area contributed by atoms with Gasteiger partial charge in [-0.2, -0.15) is 0 Å². The summed E-state index contributed by atoms with van der Waals surface area (Å²) < 4.78 is 5.99. The molecule has 3 aliphatic heterocycles. The van der Waals surface area contributed by atoms with Gasteiger partial charge in [-0.3, -0.25) is 4.79 Å². The first-order valence-corrected chi connectivity index (χ1v) is 8.83. The standard InChI is InChI=1S/C20H22N2O2/c1-3-12-11-24-20(2)15(12)10-17-18-14(8-9-22(17)19(20)23)13-6-4-5-7-16(13)21-18/h3-7,15,17,21H,8-11H2,1-2H3/b12-3-/t15-,17-,20-/m0/s1. The molecule has 4 heteroatoms. The van der Waals surface area contributed by atoms with E-state index in [1.165, 1.54) is 27.7 Å². The first-order chi connectivity index (χ1) is 11.6. The molecule has 4 nitrogen and oxygen atoms in total. The number of allylic oxidation sites excluding steroid dienone is 1. The lowest BCUT2D eigenvalue weighted by Crippen LogP contribution is -2.58. The molecular formula is C20H22N2O2. The van der Waals surface area contributed by atoms with Crippen LogP contribution in [0, 0.1) is 5.92 Å². The fraction of sp³-hybridized carbons (Fsp3) is 0.450. The van der Waals surface area contributed by atoms with Crippen molar-refractivity contribution in [3.05, 3.63) is 47.2 Å². The van der Waals surface area contributed by atoms with Gasteiger partial charge in [0.15, 0.2) is 5.60 Å². The summed E-state index contributed by atoms with van der Waals surface area (Å²) in [6.07, 6.45) is 3.99. The normalized spacial score (nSPS) is 33.7. The Morgan fingerprint density at radius 3 is 3.04 bits per heavy atom. The number of hydrogen-bond donors (Lipinski definition) is 1. The summed E-state index contributed by atoms with van der Waals surface area (Å²) in [5, 5.41) is 1.31. The highest BCUT2D eigenvalue weighted by atomic mass is 16.5. The van der Waals surface area contributed by atoms with Gasteiger partial charge in [-0.05, 0) is 43.9 Å². The number of carbonyl (C=O) groups excluding carboxylic acids is 1. The molecule has 0 bridgehead atoms. The van der Waals surface area contributed by atoms with Gasteiger partial charge in [0.2, 0.25) is 0 Å². The Labute approximate surface area is 141 Å². The second-order valence-electron chi connectivity index (χ2n) is 7.37. The van der Waals surface area contributed by atoms with Crippen LogP contribution in [0.25, 0.3) is 10.9 Å². The molecule has 2 saturated heterocycles. The smallest absolute Gasteiger partial charge is 0.255 e. The average Bonchev–Trinajstić information content (AvgIpc) is 3.14. The number of aromatic amines is 1. The first kappa shape index (κ1) is 14.3. The summed E-state index contributed by atoms with van der Waals surface area (Å²) in [4.78, 5) is 18.9. The number of rotatable bonds is 0. The number of H-pyrrole nitrogens is 1. The van der Waals surface area contributed by atoms with Crippen LogP contribution in [0.15, 0.2) is 35.9 Å². The maximum atomic E-state index is 13.2. The van der Waals surface area contributed by atoms with E-state index in [9.17, 15) is 4.79 Å². The molecule has 1 amide bonds. The van der Waals surface area contributed by atoms with Crippen LogP contribution in [0.1, 0.15) is 37.6 Å². The van der Waals surface area contributed by atoms with E-state index in [-0.39, 0.29) is 17.9 Å². The predicted octanol–water partition coefficient (Wildman–Crippen LogP) is 3.35. The van der Waals surface area contributed by atoms with Crippen molar-refractivity contribution in [1.29, 1.82) is 0 Å². The maximum Gasteiger partial charge on any atom is 0.255 e. The number of fused-ring (bicyclic) bond motifs is 6. The third-order valence-corrected chi connectivity index (χ3v) is 6.33. The predicted molar refractivity (Wildman–Crippen MR) is 92.7 cm³/mol. The Kier molecular flexibility index (Phi) is 2.82. The molecule has 2 fully saturated rings. The molecule has 24 heavy (non-hydrogen) atoms. The highest BCUT2D eigenvalue weighted by molar-refractivity contribution is 5.90. The molecular weight excluding hydrogens is 300 g/mol. The lowest BCUT2D eigenvalue weighted by atomic mass is 9.74. The van der Waals surface area contributed by atoms with Crippen LogP contribution >= 0.6 is 0 Å². The zero-order chi connectivity index (χ0) is 16.5. The summed E-state index contributed by atoms with van der Waals surface area (Å²) in [6.45, 7) is 5.41. The van der Waals surface area contributed by atoms with E-state index in [0.29, 0.717) is 6.61 Å². The van der Waals surface area contributed by atoms with E-state index in [1.54, 1.807) is 0 Å². The third kappa shape index (κ3) is 1.64. The molecule has 1 aromatic carbocycles. The van der Waals surface area contributed by atoms with E-state index < -0.39 is 5.60 Å². The second kappa shape index (κ2) is 4.73. The summed E-state index contributed by atoms with van der Waals surface area (Å²) in [5.41, 5.74) is 4.40. The van der Waals surface area contributed by atoms with Gasteiger partial charge in [0.25, 0.3) is 5.91 Å². The number of para-hydroxylation sites is 1. The first-order valence-electron chi connectivity index (χ1n) is 8.83. The number of nitrogens with zero attached hydrogens (tertiary/aromatic N) is 1. The van der Waals surface area contributed by atoms with Crippen LogP contribution in [0.3, 0.4) is 0 Å². The van der Waals surface area contributed by atoms with Crippen molar-refractivity contribution in [3.63, 3.8) is 0 Å². The van der Waals surface area contributed by atoms with Crippen molar-refractivity contribution in [2.45, 2.75) is 38.3 Å². The molecule has 1 N–H and O–H groups in total. The molecule has 0 unspecified atom stereocenters. The van der Waals surface area contributed by atoms with Crippen molar-refractivity contribution in [2.75, 3.05) is 13.2 Å². The van der Waals surface area contributed by atoms with Crippen LogP contribution in [0.4, 0.5) is 0 Å². The number of carbonyl (C=O) groups is 1. The van der Waals surface area contributed by atoms with Crippen molar-refractivity contribution < 1.29 is 9.53 Å². The van der Waals surface area contributed by atoms with E-state index in [1.807, 2.05) is 11.8 Å². The molecule has 0 spiro atoms. The van der Waals surface area contributed by atoms with Gasteiger partial charge >= 0.3 is 0 Å². The van der Waals surface area contributed by atoms with Crippen molar-refractivity contribution in [3.8, 4) is 0 Å². The molecule has 5 rings (SSSR count). The van der Waals surface area contributed by atoms with E-state index in [4.69, 9.17) is 4.74 Å². The largest absolute Gasteiger partial charge is 0.360 e. The summed E-state index contributed by atoms with van der Waals surface area (Å²) in [7, 11) is 0. The summed E-state index contributed by atoms with van der Waals surface area (Å²) >= 11 is 0. The molecule has 1 aromatic heterocycles. The number of amides is 1. The van der Waals surface area contributed by atoms with E-state index >= 15 is 0 Å². The Hall–Kier alpha value is -2.07. The van der Waals surface area contributed by atoms with Crippen LogP contribution in [-0.4, -0.2) is 34.5 Å². The third-order valence-electron chi connectivity index (χ3n) is 6.33. The quantitative estimate of drug-likeness (QED) is 0.756. The van der Waals surface area contributed by atoms with Crippen LogP contribution in [0.2, 0.25) is 0 Å². The zero-order valence-electron chi connectivity index (χ0n) is 14.1. The SMILES string of the molecule is C/C=C1/CO[C@]2(C)C(=O)N3CCc4c([nH]c5ccccc45)[C@@H]3C[C@@H]12. The highest BCUT2D eigenvalue weighted by Crippen LogP contribution is 2.50. The van der Waals surface area contributed by atoms with Gasteiger partial charge in [0, 0.05) is 29.1 Å². The van der Waals surface area contributed by atoms with Crippen molar-refractivity contribution in [2.24, 2.45) is 5.92 Å². The van der Waals surface area contributed by atoms with Gasteiger partial charge in [-0.15, -0.1) is 0 Å². The number of hydrogen-bond acceptors (Lipinski definition) is 2. The van der Waals surface area contributed by atoms with Gasteiger partial charge < -0.3 is 14.6 Å². The van der Waals surface area contributed by atoms with Crippen LogP contribution in [0.5, 0.6) is 0 Å². The monoisotopic (exact) mass is 322 g/mol. The minimum atomic E-state index is -0.679.